The predicted octanol–water partition coefficient (Wildman–Crippen LogP) is 2.92. The highest BCUT2D eigenvalue weighted by Gasteiger charge is 2.07. The number of hydrogen-bond acceptors (Lipinski definition) is 4. The van der Waals surface area contributed by atoms with Gasteiger partial charge in [-0.05, 0) is 37.3 Å². The molecule has 1 aromatic carbocycles. The van der Waals surface area contributed by atoms with E-state index in [4.69, 9.17) is 5.26 Å². The largest absolute Gasteiger partial charge is 0.329 e. The fraction of sp³-hybridized carbons (Fsp3) is 0.133. The highest BCUT2D eigenvalue weighted by atomic mass is 16.1. The molecule has 0 fully saturated rings. The molecule has 0 spiro atoms. The zero-order valence-corrected chi connectivity index (χ0v) is 10.8. The van der Waals surface area contributed by atoms with E-state index in [0.717, 1.165) is 11.5 Å². The van der Waals surface area contributed by atoms with Crippen LogP contribution in [0.5, 0.6) is 0 Å². The molecular weight excluding hydrogens is 238 g/mol. The molecule has 0 aliphatic heterocycles. The monoisotopic (exact) mass is 251 g/mol. The van der Waals surface area contributed by atoms with Gasteiger partial charge in [0.1, 0.15) is 5.82 Å². The molecule has 0 unspecified atom stereocenters. The van der Waals surface area contributed by atoms with Gasteiger partial charge in [-0.15, -0.1) is 0 Å². The molecular formula is C15H13N3O. The van der Waals surface area contributed by atoms with Crippen molar-refractivity contribution in [3.8, 4) is 6.07 Å². The van der Waals surface area contributed by atoms with Crippen molar-refractivity contribution < 1.29 is 4.79 Å². The van der Waals surface area contributed by atoms with Crippen LogP contribution in [-0.4, -0.2) is 17.8 Å². The van der Waals surface area contributed by atoms with Crippen LogP contribution >= 0.6 is 0 Å². The summed E-state index contributed by atoms with van der Waals surface area (Å²) in [5, 5.41) is 8.89. The normalized spacial score (nSPS) is 9.74. The summed E-state index contributed by atoms with van der Waals surface area (Å²) in [5.41, 5.74) is 2.06. The first-order valence-corrected chi connectivity index (χ1v) is 5.82. The van der Waals surface area contributed by atoms with Crippen LogP contribution in [0.4, 0.5) is 11.5 Å². The van der Waals surface area contributed by atoms with E-state index in [1.165, 1.54) is 6.92 Å². The SMILES string of the molecule is CC(=O)c1ccc(N(C)c2cccc(C#N)c2)nc1. The quantitative estimate of drug-likeness (QED) is 0.787. The van der Waals surface area contributed by atoms with Gasteiger partial charge in [-0.1, -0.05) is 6.07 Å². The van der Waals surface area contributed by atoms with E-state index in [1.807, 2.05) is 24.1 Å². The molecule has 94 valence electrons. The lowest BCUT2D eigenvalue weighted by Gasteiger charge is -2.18. The summed E-state index contributed by atoms with van der Waals surface area (Å²) >= 11 is 0. The standard InChI is InChI=1S/C15H13N3O/c1-11(19)13-6-7-15(17-10-13)18(2)14-5-3-4-12(8-14)9-16/h3-8,10H,1-2H3. The van der Waals surface area contributed by atoms with Crippen molar-refractivity contribution in [3.05, 3.63) is 53.7 Å². The number of anilines is 2. The molecule has 0 amide bonds. The molecule has 19 heavy (non-hydrogen) atoms. The average molecular weight is 251 g/mol. The Bertz CT molecular complexity index is 641. The molecule has 0 aliphatic rings. The lowest BCUT2D eigenvalue weighted by molar-refractivity contribution is 0.101. The molecule has 1 aromatic heterocycles. The summed E-state index contributed by atoms with van der Waals surface area (Å²) in [5.74, 6) is 0.716. The van der Waals surface area contributed by atoms with Crippen molar-refractivity contribution in [3.63, 3.8) is 0 Å². The number of nitriles is 1. The Balaban J connectivity index is 2.30. The van der Waals surface area contributed by atoms with Gasteiger partial charge in [-0.2, -0.15) is 5.26 Å². The van der Waals surface area contributed by atoms with Crippen LogP contribution in [0.15, 0.2) is 42.6 Å². The third-order valence-corrected chi connectivity index (χ3v) is 2.86. The van der Waals surface area contributed by atoms with E-state index in [-0.39, 0.29) is 5.78 Å². The molecule has 0 saturated carbocycles. The number of pyridine rings is 1. The van der Waals surface area contributed by atoms with E-state index in [2.05, 4.69) is 11.1 Å². The van der Waals surface area contributed by atoms with Gasteiger partial charge in [0.25, 0.3) is 0 Å². The minimum Gasteiger partial charge on any atom is -0.329 e. The summed E-state index contributed by atoms with van der Waals surface area (Å²) in [4.78, 5) is 17.3. The number of Topliss-reactive ketones (excluding diaryl/α,β-unsaturated/α-hetero) is 1. The van der Waals surface area contributed by atoms with E-state index in [0.29, 0.717) is 11.1 Å². The maximum atomic E-state index is 11.2. The van der Waals surface area contributed by atoms with Crippen LogP contribution in [0.3, 0.4) is 0 Å². The third kappa shape index (κ3) is 2.78. The number of aromatic nitrogens is 1. The van der Waals surface area contributed by atoms with E-state index in [9.17, 15) is 4.79 Å². The lowest BCUT2D eigenvalue weighted by Crippen LogP contribution is -2.11. The summed E-state index contributed by atoms with van der Waals surface area (Å²) in [6.07, 6.45) is 1.56. The van der Waals surface area contributed by atoms with Crippen LogP contribution in [0, 0.1) is 11.3 Å². The first kappa shape index (κ1) is 12.8. The average Bonchev–Trinajstić information content (AvgIpc) is 2.46. The Morgan fingerprint density at radius 2 is 2.11 bits per heavy atom. The van der Waals surface area contributed by atoms with Gasteiger partial charge in [0, 0.05) is 24.5 Å². The van der Waals surface area contributed by atoms with Crippen molar-refractivity contribution in [1.29, 1.82) is 5.26 Å². The Labute approximate surface area is 111 Å². The van der Waals surface area contributed by atoms with Gasteiger partial charge in [0.05, 0.1) is 11.6 Å². The third-order valence-electron chi connectivity index (χ3n) is 2.86. The highest BCUT2D eigenvalue weighted by Crippen LogP contribution is 2.22. The maximum Gasteiger partial charge on any atom is 0.161 e. The number of rotatable bonds is 3. The molecule has 0 aliphatic carbocycles. The number of carbonyl (C=O) groups is 1. The number of benzene rings is 1. The summed E-state index contributed by atoms with van der Waals surface area (Å²) in [6.45, 7) is 1.51. The Kier molecular flexibility index (Phi) is 3.58. The van der Waals surface area contributed by atoms with Crippen molar-refractivity contribution in [2.24, 2.45) is 0 Å². The molecule has 0 bridgehead atoms. The maximum absolute atomic E-state index is 11.2. The van der Waals surface area contributed by atoms with Crippen molar-refractivity contribution in [2.75, 3.05) is 11.9 Å². The van der Waals surface area contributed by atoms with Crippen LogP contribution in [0.1, 0.15) is 22.8 Å². The number of hydrogen-bond donors (Lipinski definition) is 0. The number of ketones is 1. The van der Waals surface area contributed by atoms with Gasteiger partial charge in [0.15, 0.2) is 5.78 Å². The lowest BCUT2D eigenvalue weighted by atomic mass is 10.2. The van der Waals surface area contributed by atoms with E-state index < -0.39 is 0 Å². The van der Waals surface area contributed by atoms with Gasteiger partial charge < -0.3 is 4.90 Å². The first-order valence-electron chi connectivity index (χ1n) is 5.82. The molecule has 0 N–H and O–H groups in total. The van der Waals surface area contributed by atoms with Crippen LogP contribution in [0.25, 0.3) is 0 Å². The molecule has 0 radical (unpaired) electrons. The molecule has 0 atom stereocenters. The van der Waals surface area contributed by atoms with Crippen molar-refractivity contribution >= 4 is 17.3 Å². The minimum atomic E-state index is -0.00631. The summed E-state index contributed by atoms with van der Waals surface area (Å²) in [6, 6.07) is 12.9. The minimum absolute atomic E-state index is 0.00631. The van der Waals surface area contributed by atoms with Crippen molar-refractivity contribution in [2.45, 2.75) is 6.92 Å². The van der Waals surface area contributed by atoms with Crippen LogP contribution in [-0.2, 0) is 0 Å². The Hall–Kier alpha value is -2.67. The fourth-order valence-corrected chi connectivity index (χ4v) is 1.71. The second kappa shape index (κ2) is 5.32. The Morgan fingerprint density at radius 3 is 2.68 bits per heavy atom. The summed E-state index contributed by atoms with van der Waals surface area (Å²) < 4.78 is 0. The van der Waals surface area contributed by atoms with Gasteiger partial charge in [0.2, 0.25) is 0 Å². The summed E-state index contributed by atoms with van der Waals surface area (Å²) in [7, 11) is 1.87. The number of nitrogens with zero attached hydrogens (tertiary/aromatic N) is 3. The predicted molar refractivity (Wildman–Crippen MR) is 73.5 cm³/mol. The molecule has 4 nitrogen and oxygen atoms in total. The van der Waals surface area contributed by atoms with E-state index in [1.54, 1.807) is 30.5 Å². The first-order chi connectivity index (χ1) is 9.11. The molecule has 2 aromatic rings. The number of carbonyl (C=O) groups excluding carboxylic acids is 1. The topological polar surface area (TPSA) is 57.0 Å². The fourth-order valence-electron chi connectivity index (χ4n) is 1.71. The van der Waals surface area contributed by atoms with Gasteiger partial charge >= 0.3 is 0 Å². The zero-order chi connectivity index (χ0) is 13.8. The highest BCUT2D eigenvalue weighted by molar-refractivity contribution is 5.93. The Morgan fingerprint density at radius 1 is 1.32 bits per heavy atom. The van der Waals surface area contributed by atoms with Gasteiger partial charge in [-0.3, -0.25) is 4.79 Å². The second-order valence-corrected chi connectivity index (χ2v) is 4.18. The molecule has 1 heterocycles. The smallest absolute Gasteiger partial charge is 0.161 e. The van der Waals surface area contributed by atoms with Crippen LogP contribution < -0.4 is 4.90 Å². The molecule has 0 saturated heterocycles. The molecule has 4 heteroatoms. The van der Waals surface area contributed by atoms with Crippen molar-refractivity contribution in [1.82, 2.24) is 4.98 Å². The second-order valence-electron chi connectivity index (χ2n) is 4.18. The zero-order valence-electron chi connectivity index (χ0n) is 10.8. The van der Waals surface area contributed by atoms with E-state index >= 15 is 0 Å². The molecule has 2 rings (SSSR count). The van der Waals surface area contributed by atoms with Gasteiger partial charge in [-0.25, -0.2) is 4.98 Å². The van der Waals surface area contributed by atoms with Crippen LogP contribution in [0.2, 0.25) is 0 Å².